The predicted octanol–water partition coefficient (Wildman–Crippen LogP) is 4.40. The molecule has 1 aromatic heterocycles. The topological polar surface area (TPSA) is 59.3 Å². The molecule has 28 heavy (non-hydrogen) atoms. The van der Waals surface area contributed by atoms with Gasteiger partial charge in [0.25, 0.3) is 5.91 Å². The zero-order chi connectivity index (χ0) is 20.0. The van der Waals surface area contributed by atoms with Gasteiger partial charge >= 0.3 is 5.63 Å². The third kappa shape index (κ3) is 3.28. The zero-order valence-electron chi connectivity index (χ0n) is 14.9. The SMILES string of the molecule is Cc1oc(=O)c2c(F)cc(F)cc2c1C(=O)N[C@H](c1cccc(F)c1)C1CC1. The molecule has 2 aromatic carbocycles. The average Bonchev–Trinajstić information content (AvgIpc) is 3.43. The summed E-state index contributed by atoms with van der Waals surface area (Å²) in [5.74, 6) is -2.98. The van der Waals surface area contributed by atoms with E-state index in [4.69, 9.17) is 4.42 Å². The van der Waals surface area contributed by atoms with Crippen molar-refractivity contribution in [2.45, 2.75) is 25.8 Å². The molecule has 0 spiro atoms. The fraction of sp³-hybridized carbons (Fsp3) is 0.238. The summed E-state index contributed by atoms with van der Waals surface area (Å²) in [6, 6.07) is 6.97. The van der Waals surface area contributed by atoms with Crippen LogP contribution < -0.4 is 10.9 Å². The molecular formula is C21H16F3NO3. The van der Waals surface area contributed by atoms with E-state index in [0.717, 1.165) is 18.9 Å². The van der Waals surface area contributed by atoms with Gasteiger partial charge in [-0.2, -0.15) is 0 Å². The highest BCUT2D eigenvalue weighted by atomic mass is 19.1. The number of amides is 1. The van der Waals surface area contributed by atoms with Gasteiger partial charge in [-0.15, -0.1) is 0 Å². The number of carbonyl (C=O) groups is 1. The van der Waals surface area contributed by atoms with E-state index in [2.05, 4.69) is 5.32 Å². The van der Waals surface area contributed by atoms with Crippen molar-refractivity contribution in [2.24, 2.45) is 5.92 Å². The first-order valence-corrected chi connectivity index (χ1v) is 8.84. The highest BCUT2D eigenvalue weighted by Gasteiger charge is 2.34. The van der Waals surface area contributed by atoms with Crippen LogP contribution in [-0.2, 0) is 0 Å². The Morgan fingerprint density at radius 3 is 2.57 bits per heavy atom. The number of hydrogen-bond donors (Lipinski definition) is 1. The maximum Gasteiger partial charge on any atom is 0.346 e. The van der Waals surface area contributed by atoms with Crippen LogP contribution in [0.4, 0.5) is 13.2 Å². The van der Waals surface area contributed by atoms with Gasteiger partial charge in [-0.3, -0.25) is 4.79 Å². The van der Waals surface area contributed by atoms with Crippen LogP contribution >= 0.6 is 0 Å². The molecule has 1 aliphatic carbocycles. The second-order valence-electron chi connectivity index (χ2n) is 6.97. The van der Waals surface area contributed by atoms with Gasteiger partial charge < -0.3 is 9.73 Å². The Morgan fingerprint density at radius 2 is 1.89 bits per heavy atom. The second-order valence-corrected chi connectivity index (χ2v) is 6.97. The van der Waals surface area contributed by atoms with Crippen LogP contribution in [-0.4, -0.2) is 5.91 Å². The Balaban J connectivity index is 1.79. The van der Waals surface area contributed by atoms with Crippen molar-refractivity contribution in [3.05, 3.63) is 81.2 Å². The number of hydrogen-bond acceptors (Lipinski definition) is 3. The molecule has 0 bridgehead atoms. The van der Waals surface area contributed by atoms with Crippen LogP contribution in [0, 0.1) is 30.3 Å². The average molecular weight is 387 g/mol. The van der Waals surface area contributed by atoms with Crippen molar-refractivity contribution in [1.29, 1.82) is 0 Å². The van der Waals surface area contributed by atoms with Gasteiger partial charge in [-0.1, -0.05) is 12.1 Å². The fourth-order valence-electron chi connectivity index (χ4n) is 3.51. The summed E-state index contributed by atoms with van der Waals surface area (Å²) >= 11 is 0. The lowest BCUT2D eigenvalue weighted by Crippen LogP contribution is -2.31. The lowest BCUT2D eigenvalue weighted by atomic mass is 10.00. The summed E-state index contributed by atoms with van der Waals surface area (Å²) in [6.07, 6.45) is 1.74. The smallest absolute Gasteiger partial charge is 0.346 e. The quantitative estimate of drug-likeness (QED) is 0.722. The second kappa shape index (κ2) is 6.82. The van der Waals surface area contributed by atoms with Gasteiger partial charge in [0.05, 0.1) is 11.6 Å². The molecule has 1 atom stereocenters. The maximum atomic E-state index is 14.1. The van der Waals surface area contributed by atoms with E-state index in [1.54, 1.807) is 12.1 Å². The molecule has 1 N–H and O–H groups in total. The third-order valence-electron chi connectivity index (χ3n) is 4.94. The molecule has 1 amide bonds. The summed E-state index contributed by atoms with van der Waals surface area (Å²) in [4.78, 5) is 25.0. The van der Waals surface area contributed by atoms with E-state index in [-0.39, 0.29) is 22.6 Å². The molecular weight excluding hydrogens is 371 g/mol. The van der Waals surface area contributed by atoms with Crippen LogP contribution in [0.25, 0.3) is 10.8 Å². The lowest BCUT2D eigenvalue weighted by Gasteiger charge is -2.20. The number of nitrogens with one attached hydrogen (secondary N) is 1. The first-order valence-electron chi connectivity index (χ1n) is 8.84. The Bertz CT molecular complexity index is 1150. The normalized spacial score (nSPS) is 14.9. The minimum atomic E-state index is -1.10. The Labute approximate surface area is 158 Å². The van der Waals surface area contributed by atoms with Crippen LogP contribution in [0.15, 0.2) is 45.6 Å². The molecule has 1 aliphatic rings. The Hall–Kier alpha value is -3.09. The number of halogens is 3. The third-order valence-corrected chi connectivity index (χ3v) is 4.94. The molecule has 0 saturated heterocycles. The van der Waals surface area contributed by atoms with Crippen molar-refractivity contribution < 1.29 is 22.4 Å². The number of benzene rings is 2. The zero-order valence-corrected chi connectivity index (χ0v) is 14.9. The van der Waals surface area contributed by atoms with Gasteiger partial charge in [0.15, 0.2) is 0 Å². The highest BCUT2D eigenvalue weighted by molar-refractivity contribution is 6.07. The molecule has 0 radical (unpaired) electrons. The van der Waals surface area contributed by atoms with Gasteiger partial charge in [0.2, 0.25) is 0 Å². The number of rotatable bonds is 4. The summed E-state index contributed by atoms with van der Waals surface area (Å²) < 4.78 is 46.5. The largest absolute Gasteiger partial charge is 0.427 e. The maximum absolute atomic E-state index is 14.1. The minimum Gasteiger partial charge on any atom is -0.427 e. The van der Waals surface area contributed by atoms with E-state index in [9.17, 15) is 22.8 Å². The van der Waals surface area contributed by atoms with Crippen LogP contribution in [0.1, 0.15) is 40.6 Å². The summed E-state index contributed by atoms with van der Waals surface area (Å²) in [5, 5.41) is 2.18. The molecule has 0 unspecified atom stereocenters. The molecule has 144 valence electrons. The first kappa shape index (κ1) is 18.3. The molecule has 0 aliphatic heterocycles. The minimum absolute atomic E-state index is 0.0474. The predicted molar refractivity (Wildman–Crippen MR) is 96.5 cm³/mol. The van der Waals surface area contributed by atoms with Crippen molar-refractivity contribution in [3.8, 4) is 0 Å². The molecule has 1 fully saturated rings. The standard InChI is InChI=1S/C21H16F3NO3/c1-10-17(15-8-14(23)9-16(24)18(15)21(27)28-10)20(26)25-19(11-5-6-11)12-3-2-4-13(22)7-12/h2-4,7-9,11,19H,5-6H2,1H3,(H,25,26)/t19-/m0/s1. The van der Waals surface area contributed by atoms with Gasteiger partial charge in [-0.25, -0.2) is 18.0 Å². The molecule has 1 saturated carbocycles. The van der Waals surface area contributed by atoms with E-state index in [0.29, 0.717) is 11.6 Å². The number of aryl methyl sites for hydroxylation is 1. The van der Waals surface area contributed by atoms with Crippen molar-refractivity contribution in [3.63, 3.8) is 0 Å². The van der Waals surface area contributed by atoms with Crippen LogP contribution in [0.3, 0.4) is 0 Å². The first-order chi connectivity index (χ1) is 13.3. The van der Waals surface area contributed by atoms with E-state index >= 15 is 0 Å². The molecule has 3 aromatic rings. The highest BCUT2D eigenvalue weighted by Crippen LogP contribution is 2.41. The summed E-state index contributed by atoms with van der Waals surface area (Å²) in [5.41, 5.74) is -0.493. The fourth-order valence-corrected chi connectivity index (χ4v) is 3.51. The van der Waals surface area contributed by atoms with Crippen LogP contribution in [0.2, 0.25) is 0 Å². The number of carbonyl (C=O) groups excluding carboxylic acids is 1. The number of fused-ring (bicyclic) bond motifs is 1. The Kier molecular flexibility index (Phi) is 4.45. The lowest BCUT2D eigenvalue weighted by molar-refractivity contribution is 0.0930. The van der Waals surface area contributed by atoms with Crippen molar-refractivity contribution in [2.75, 3.05) is 0 Å². The van der Waals surface area contributed by atoms with E-state index in [1.165, 1.54) is 19.1 Å². The summed E-state index contributed by atoms with van der Waals surface area (Å²) in [6.45, 7) is 1.38. The summed E-state index contributed by atoms with van der Waals surface area (Å²) in [7, 11) is 0. The Morgan fingerprint density at radius 1 is 1.14 bits per heavy atom. The molecule has 4 rings (SSSR count). The van der Waals surface area contributed by atoms with Gasteiger partial charge in [0.1, 0.15) is 28.6 Å². The van der Waals surface area contributed by atoms with Gasteiger partial charge in [-0.05, 0) is 49.4 Å². The monoisotopic (exact) mass is 387 g/mol. The van der Waals surface area contributed by atoms with E-state index in [1.807, 2.05) is 0 Å². The molecule has 1 heterocycles. The van der Waals surface area contributed by atoms with E-state index < -0.39 is 40.4 Å². The molecule has 7 heteroatoms. The van der Waals surface area contributed by atoms with Gasteiger partial charge in [0, 0.05) is 11.5 Å². The van der Waals surface area contributed by atoms with Crippen molar-refractivity contribution in [1.82, 2.24) is 5.32 Å². The van der Waals surface area contributed by atoms with Crippen molar-refractivity contribution >= 4 is 16.7 Å². The molecule has 4 nitrogen and oxygen atoms in total. The van der Waals surface area contributed by atoms with Crippen LogP contribution in [0.5, 0.6) is 0 Å².